The van der Waals surface area contributed by atoms with E-state index in [2.05, 4.69) is 21.3 Å². The molecule has 3 aromatic carbocycles. The monoisotopic (exact) mass is 1500 g/mol. The zero-order chi connectivity index (χ0) is 81.1. The average Bonchev–Trinajstić information content (AvgIpc) is 0.806. The molecule has 108 heavy (non-hydrogen) atoms. The Balaban J connectivity index is 1.69. The molecule has 598 valence electrons. The molecule has 1 aliphatic rings. The Bertz CT molecular complexity index is 3480. The zero-order valence-corrected chi connectivity index (χ0v) is 67.7. The SMILES string of the molecule is CC(=O)N(C)[C@@H](CC(C)C)C(=O)N(C)[C@@H](CC(C)C)C(=O)CN[C@@H](CC(=O)N(C)CC(=O)N[C@H](C(=O)N(C)[C@@H](C)C(=O)N(C)[C@@H](CC(C)C)C(=O)N[C@H](C(=O)N(C)CCc1ccccc1)C(C)C)[C@@H](C)O)C(=O)N(C)[C@@H](Cc1ccccc1)C(=O)N(C)[C@@H](Cc1ccccc1)C(=O)N[C@@H](C)C(=O)N1CCCCC1. The normalized spacial score (nSPS) is 15.3. The largest absolute Gasteiger partial charge is 0.391 e. The number of hydrogen-bond donors (Lipinski definition) is 5. The number of Topliss-reactive ketones (excluding diaryl/α,β-unsaturated/α-hetero) is 1. The van der Waals surface area contributed by atoms with Crippen LogP contribution in [0, 0.1) is 23.7 Å². The van der Waals surface area contributed by atoms with Crippen LogP contribution in [0.5, 0.6) is 0 Å². The maximum atomic E-state index is 15.7. The lowest BCUT2D eigenvalue weighted by Gasteiger charge is -2.37. The summed E-state index contributed by atoms with van der Waals surface area (Å²) in [4.78, 5) is 199. The number of aliphatic hydroxyl groups excluding tert-OH is 1. The number of likely N-dealkylation sites (N-methyl/N-ethyl adjacent to an activating group) is 8. The zero-order valence-electron chi connectivity index (χ0n) is 67.7. The van der Waals surface area contributed by atoms with E-state index in [0.29, 0.717) is 37.2 Å². The lowest BCUT2D eigenvalue weighted by Crippen LogP contribution is -2.60. The van der Waals surface area contributed by atoms with Crippen LogP contribution in [0.4, 0.5) is 0 Å². The van der Waals surface area contributed by atoms with Gasteiger partial charge in [0.1, 0.15) is 48.3 Å². The van der Waals surface area contributed by atoms with Gasteiger partial charge in [0.2, 0.25) is 70.9 Å². The molecule has 1 heterocycles. The van der Waals surface area contributed by atoms with E-state index >= 15 is 9.59 Å². The van der Waals surface area contributed by atoms with E-state index in [1.807, 2.05) is 91.8 Å². The van der Waals surface area contributed by atoms with Crippen LogP contribution in [0.15, 0.2) is 91.0 Å². The first kappa shape index (κ1) is 91.3. The van der Waals surface area contributed by atoms with E-state index in [9.17, 15) is 57.8 Å². The number of piperidine rings is 1. The van der Waals surface area contributed by atoms with Crippen LogP contribution in [-0.4, -0.2) is 282 Å². The van der Waals surface area contributed by atoms with Crippen molar-refractivity contribution in [1.29, 1.82) is 0 Å². The first-order valence-electron chi connectivity index (χ1n) is 38.0. The number of nitrogens with zero attached hydrogens (tertiary/aromatic N) is 9. The number of hydrogen-bond acceptors (Lipinski definition) is 15. The summed E-state index contributed by atoms with van der Waals surface area (Å²) in [7, 11) is 11.4. The van der Waals surface area contributed by atoms with Gasteiger partial charge in [-0.25, -0.2) is 0 Å². The highest BCUT2D eigenvalue weighted by Crippen LogP contribution is 2.23. The van der Waals surface area contributed by atoms with Crippen molar-refractivity contribution in [1.82, 2.24) is 65.4 Å². The van der Waals surface area contributed by atoms with Crippen molar-refractivity contribution in [2.75, 3.05) is 89.1 Å². The number of aliphatic hydroxyl groups is 1. The molecule has 1 fully saturated rings. The predicted molar refractivity (Wildman–Crippen MR) is 415 cm³/mol. The smallest absolute Gasteiger partial charge is 0.248 e. The number of likely N-dealkylation sites (tertiary alicyclic amines) is 1. The average molecular weight is 1500 g/mol. The molecule has 0 unspecified atom stereocenters. The van der Waals surface area contributed by atoms with E-state index in [1.165, 1.54) is 89.7 Å². The van der Waals surface area contributed by atoms with E-state index in [1.54, 1.807) is 78.4 Å². The highest BCUT2D eigenvalue weighted by Gasteiger charge is 2.43. The molecule has 0 radical (unpaired) electrons. The molecule has 0 aliphatic carbocycles. The third-order valence-corrected chi connectivity index (χ3v) is 20.3. The Labute approximate surface area is 640 Å². The summed E-state index contributed by atoms with van der Waals surface area (Å²) in [5.74, 6) is -8.73. The maximum absolute atomic E-state index is 15.7. The quantitative estimate of drug-likeness (QED) is 0.0531. The topological polar surface area (TPSA) is 319 Å². The Morgan fingerprint density at radius 1 is 0.454 bits per heavy atom. The molecule has 12 amide bonds. The minimum absolute atomic E-state index is 0.00739. The van der Waals surface area contributed by atoms with E-state index in [4.69, 9.17) is 0 Å². The minimum atomic E-state index is -1.69. The molecule has 0 saturated carbocycles. The summed E-state index contributed by atoms with van der Waals surface area (Å²) in [6.07, 6.45) is 1.43. The van der Waals surface area contributed by atoms with Gasteiger partial charge in [-0.3, -0.25) is 67.6 Å². The molecule has 0 bridgehead atoms. The number of rotatable bonds is 41. The Kier molecular flexibility index (Phi) is 37.0. The van der Waals surface area contributed by atoms with Gasteiger partial charge >= 0.3 is 0 Å². The standard InChI is InChI=1S/C81H125N13O14/c1-51(2)43-63(90(17)78(105)66(45-53(5)6)89(16)58(12)96)68(97)49-82-62(77(104)93(20)67(47-61-37-29-23-30-38-61)79(106)92(19)65(46-60-35-27-22-28-36-60)73(100)83-55(9)75(102)94-40-31-24-32-41-94)48-70(99)87(14)50-69(98)84-72(57(11)95)81(108)88(15)56(10)76(103)91(18)64(44-52(3)4)74(101)85-71(54(7)8)80(107)86(13)42-39-59-33-25-21-26-34-59/h21-23,25-30,33-38,51-57,62-67,71-72,82,95H,24,31-32,39-50H2,1-20H3,(H,83,100)(H,84,98)(H,85,101)/t55-,56-,57+,62-,63-,64-,65-,66-,67-,71-,72-/m0/s1. The first-order chi connectivity index (χ1) is 50.7. The lowest BCUT2D eigenvalue weighted by atomic mass is 9.96. The van der Waals surface area contributed by atoms with Crippen molar-refractivity contribution in [3.63, 3.8) is 0 Å². The third kappa shape index (κ3) is 27.2. The second-order valence-corrected chi connectivity index (χ2v) is 30.9. The van der Waals surface area contributed by atoms with Crippen molar-refractivity contribution in [3.05, 3.63) is 108 Å². The van der Waals surface area contributed by atoms with Crippen molar-refractivity contribution in [2.24, 2.45) is 23.7 Å². The second kappa shape index (κ2) is 43.8. The number of amides is 12. The first-order valence-corrected chi connectivity index (χ1v) is 38.0. The van der Waals surface area contributed by atoms with Crippen molar-refractivity contribution in [3.8, 4) is 0 Å². The number of nitrogens with one attached hydrogen (secondary N) is 4. The van der Waals surface area contributed by atoms with Crippen LogP contribution in [0.25, 0.3) is 0 Å². The maximum Gasteiger partial charge on any atom is 0.248 e. The van der Waals surface area contributed by atoms with Gasteiger partial charge in [-0.05, 0) is 106 Å². The molecule has 27 heteroatoms. The molecular weight excluding hydrogens is 1380 g/mol. The fraction of sp³-hybridized carbons (Fsp3) is 0.617. The van der Waals surface area contributed by atoms with Crippen LogP contribution >= 0.6 is 0 Å². The summed E-state index contributed by atoms with van der Waals surface area (Å²) < 4.78 is 0. The molecule has 4 rings (SSSR count). The Morgan fingerprint density at radius 2 is 0.907 bits per heavy atom. The van der Waals surface area contributed by atoms with Gasteiger partial charge in [0.25, 0.3) is 0 Å². The molecule has 3 aromatic rings. The third-order valence-electron chi connectivity index (χ3n) is 20.3. The summed E-state index contributed by atoms with van der Waals surface area (Å²) in [6, 6.07) is 15.2. The van der Waals surface area contributed by atoms with Crippen LogP contribution in [0.3, 0.4) is 0 Å². The Hall–Kier alpha value is -9.11. The molecule has 0 spiro atoms. The van der Waals surface area contributed by atoms with Crippen molar-refractivity contribution >= 4 is 76.7 Å². The number of carbonyl (C=O) groups excluding carboxylic acids is 13. The molecule has 0 aromatic heterocycles. The van der Waals surface area contributed by atoms with Crippen LogP contribution < -0.4 is 21.3 Å². The van der Waals surface area contributed by atoms with Crippen LogP contribution in [0.1, 0.15) is 145 Å². The van der Waals surface area contributed by atoms with Crippen LogP contribution in [-0.2, 0) is 81.6 Å². The fourth-order valence-corrected chi connectivity index (χ4v) is 13.2. The van der Waals surface area contributed by atoms with Crippen LogP contribution in [0.2, 0.25) is 0 Å². The van der Waals surface area contributed by atoms with E-state index in [-0.39, 0.29) is 73.5 Å². The van der Waals surface area contributed by atoms with Gasteiger partial charge in [0, 0.05) is 95.8 Å². The van der Waals surface area contributed by atoms with Gasteiger partial charge in [-0.15, -0.1) is 0 Å². The Morgan fingerprint density at radius 3 is 1.41 bits per heavy atom. The summed E-state index contributed by atoms with van der Waals surface area (Å²) in [5, 5.41) is 22.4. The number of carbonyl (C=O) groups is 13. The van der Waals surface area contributed by atoms with Gasteiger partial charge < -0.3 is 65.2 Å². The minimum Gasteiger partial charge on any atom is -0.391 e. The molecule has 1 aliphatic heterocycles. The van der Waals surface area contributed by atoms with Crippen molar-refractivity contribution < 1.29 is 67.4 Å². The van der Waals surface area contributed by atoms with Gasteiger partial charge in [-0.2, -0.15) is 0 Å². The van der Waals surface area contributed by atoms with E-state index < -0.39 is 145 Å². The fourth-order valence-electron chi connectivity index (χ4n) is 13.2. The van der Waals surface area contributed by atoms with E-state index in [0.717, 1.165) is 39.5 Å². The summed E-state index contributed by atoms with van der Waals surface area (Å²) in [6.45, 7) is 20.6. The van der Waals surface area contributed by atoms with Crippen molar-refractivity contribution in [2.45, 2.75) is 214 Å². The second-order valence-electron chi connectivity index (χ2n) is 30.9. The summed E-state index contributed by atoms with van der Waals surface area (Å²) in [5.41, 5.74) is 2.34. The molecule has 11 atom stereocenters. The van der Waals surface area contributed by atoms with Gasteiger partial charge in [-0.1, -0.05) is 146 Å². The van der Waals surface area contributed by atoms with Gasteiger partial charge in [0.15, 0.2) is 5.78 Å². The summed E-state index contributed by atoms with van der Waals surface area (Å²) >= 11 is 0. The molecular formula is C81H125N13O14. The highest BCUT2D eigenvalue weighted by atomic mass is 16.3. The number of benzene rings is 3. The van der Waals surface area contributed by atoms with Gasteiger partial charge in [0.05, 0.1) is 37.7 Å². The predicted octanol–water partition coefficient (Wildman–Crippen LogP) is 4.21. The molecule has 1 saturated heterocycles. The number of ketones is 1. The lowest BCUT2D eigenvalue weighted by molar-refractivity contribution is -0.150. The molecule has 27 nitrogen and oxygen atoms in total. The molecule has 5 N–H and O–H groups in total. The highest BCUT2D eigenvalue weighted by molar-refractivity contribution is 5.99.